The number of carbonyl (C=O) groups excluding carboxylic acids is 1. The van der Waals surface area contributed by atoms with Gasteiger partial charge >= 0.3 is 0 Å². The largest absolute Gasteiger partial charge is 0.349 e. The average Bonchev–Trinajstić information content (AvgIpc) is 2.84. The molecule has 0 unspecified atom stereocenters. The summed E-state index contributed by atoms with van der Waals surface area (Å²) in [6.07, 6.45) is 2.49. The fourth-order valence-corrected chi connectivity index (χ4v) is 1.88. The summed E-state index contributed by atoms with van der Waals surface area (Å²) in [5.74, 6) is 0.764. The van der Waals surface area contributed by atoms with E-state index in [2.05, 4.69) is 24.5 Å². The van der Waals surface area contributed by atoms with Crippen molar-refractivity contribution in [3.63, 3.8) is 0 Å². The lowest BCUT2D eigenvalue weighted by atomic mass is 9.95. The van der Waals surface area contributed by atoms with E-state index in [1.54, 1.807) is 0 Å². The van der Waals surface area contributed by atoms with Crippen molar-refractivity contribution in [2.45, 2.75) is 58.5 Å². The van der Waals surface area contributed by atoms with Crippen molar-refractivity contribution in [3.05, 3.63) is 0 Å². The molecule has 0 spiro atoms. The maximum Gasteiger partial charge on any atom is 0.240 e. The Morgan fingerprint density at radius 2 is 1.80 bits per heavy atom. The molecular weight excluding hydrogens is 188 g/mol. The zero-order valence-electron chi connectivity index (χ0n) is 10.6. The highest BCUT2D eigenvalue weighted by molar-refractivity contribution is 5.86. The Hall–Kier alpha value is -0.570. The minimum atomic E-state index is -0.471. The third-order valence-electron chi connectivity index (χ3n) is 3.22. The molecule has 0 aliphatic heterocycles. The van der Waals surface area contributed by atoms with Gasteiger partial charge in [-0.1, -0.05) is 6.92 Å². The number of rotatable bonds is 5. The Morgan fingerprint density at radius 3 is 2.20 bits per heavy atom. The van der Waals surface area contributed by atoms with E-state index < -0.39 is 5.54 Å². The topological polar surface area (TPSA) is 41.1 Å². The molecular formula is C12H24N2O. The van der Waals surface area contributed by atoms with Crippen molar-refractivity contribution in [2.24, 2.45) is 5.92 Å². The van der Waals surface area contributed by atoms with E-state index in [-0.39, 0.29) is 11.4 Å². The van der Waals surface area contributed by atoms with Crippen LogP contribution in [0.2, 0.25) is 0 Å². The molecule has 0 saturated heterocycles. The lowest BCUT2D eigenvalue weighted by molar-refractivity contribution is -0.128. The summed E-state index contributed by atoms with van der Waals surface area (Å²) in [6, 6.07) is 0. The van der Waals surface area contributed by atoms with Crippen LogP contribution < -0.4 is 10.6 Å². The van der Waals surface area contributed by atoms with E-state index >= 15 is 0 Å². The van der Waals surface area contributed by atoms with E-state index in [9.17, 15) is 4.79 Å². The molecule has 0 radical (unpaired) electrons. The first kappa shape index (κ1) is 12.5. The monoisotopic (exact) mass is 212 g/mol. The number of likely N-dealkylation sites (N-methyl/N-ethyl adjacent to an activating group) is 1. The summed E-state index contributed by atoms with van der Waals surface area (Å²) in [5, 5.41) is 6.33. The van der Waals surface area contributed by atoms with Crippen LogP contribution in [0.1, 0.15) is 47.5 Å². The summed E-state index contributed by atoms with van der Waals surface area (Å²) in [6.45, 7) is 10.9. The summed E-state index contributed by atoms with van der Waals surface area (Å²) < 4.78 is 0. The predicted octanol–water partition coefficient (Wildman–Crippen LogP) is 1.68. The lowest BCUT2D eigenvalue weighted by Crippen LogP contribution is -2.58. The molecule has 1 saturated carbocycles. The van der Waals surface area contributed by atoms with Gasteiger partial charge in [0.2, 0.25) is 5.91 Å². The molecule has 0 heterocycles. The Morgan fingerprint density at radius 1 is 1.27 bits per heavy atom. The first-order chi connectivity index (χ1) is 6.79. The fourth-order valence-electron chi connectivity index (χ4n) is 1.88. The van der Waals surface area contributed by atoms with Crippen LogP contribution >= 0.6 is 0 Å². The highest BCUT2D eigenvalue weighted by Crippen LogP contribution is 2.39. The quantitative estimate of drug-likeness (QED) is 0.728. The Bertz CT molecular complexity index is 242. The standard InChI is InChI=1S/C12H24N2O/c1-6-13-12(4,5)10(15)14-11(2,3)9-7-8-9/h9,13H,6-8H2,1-5H3,(H,14,15). The molecule has 0 aromatic rings. The molecule has 2 N–H and O–H groups in total. The van der Waals surface area contributed by atoms with Gasteiger partial charge in [-0.05, 0) is 53.0 Å². The third-order valence-corrected chi connectivity index (χ3v) is 3.22. The van der Waals surface area contributed by atoms with Crippen LogP contribution in [0.15, 0.2) is 0 Å². The van der Waals surface area contributed by atoms with Crippen molar-refractivity contribution in [2.75, 3.05) is 6.54 Å². The highest BCUT2D eigenvalue weighted by atomic mass is 16.2. The summed E-state index contributed by atoms with van der Waals surface area (Å²) in [7, 11) is 0. The molecule has 0 bridgehead atoms. The maximum atomic E-state index is 12.0. The van der Waals surface area contributed by atoms with Gasteiger partial charge in [-0.25, -0.2) is 0 Å². The average molecular weight is 212 g/mol. The van der Waals surface area contributed by atoms with Gasteiger partial charge in [-0.15, -0.1) is 0 Å². The van der Waals surface area contributed by atoms with Gasteiger partial charge in [0, 0.05) is 5.54 Å². The van der Waals surface area contributed by atoms with Crippen LogP contribution in [-0.2, 0) is 4.79 Å². The minimum Gasteiger partial charge on any atom is -0.349 e. The smallest absolute Gasteiger partial charge is 0.240 e. The van der Waals surface area contributed by atoms with Gasteiger partial charge in [0.15, 0.2) is 0 Å². The SMILES string of the molecule is CCNC(C)(C)C(=O)NC(C)(C)C1CC1. The van der Waals surface area contributed by atoms with Gasteiger partial charge in [-0.3, -0.25) is 4.79 Å². The number of nitrogens with one attached hydrogen (secondary N) is 2. The zero-order chi connectivity index (χ0) is 11.7. The number of amides is 1. The molecule has 1 amide bonds. The summed E-state index contributed by atoms with van der Waals surface area (Å²) >= 11 is 0. The first-order valence-corrected chi connectivity index (χ1v) is 5.87. The molecule has 88 valence electrons. The zero-order valence-corrected chi connectivity index (χ0v) is 10.6. The van der Waals surface area contributed by atoms with Gasteiger partial charge in [0.1, 0.15) is 0 Å². The highest BCUT2D eigenvalue weighted by Gasteiger charge is 2.41. The lowest BCUT2D eigenvalue weighted by Gasteiger charge is -2.32. The van der Waals surface area contributed by atoms with Gasteiger partial charge in [-0.2, -0.15) is 0 Å². The van der Waals surface area contributed by atoms with Crippen LogP contribution in [0.3, 0.4) is 0 Å². The van der Waals surface area contributed by atoms with Crippen molar-refractivity contribution >= 4 is 5.91 Å². The summed E-state index contributed by atoms with van der Waals surface area (Å²) in [5.41, 5.74) is -0.523. The minimum absolute atomic E-state index is 0.0518. The number of carbonyl (C=O) groups is 1. The van der Waals surface area contributed by atoms with Gasteiger partial charge < -0.3 is 10.6 Å². The van der Waals surface area contributed by atoms with E-state index in [0.29, 0.717) is 5.92 Å². The number of hydrogen-bond acceptors (Lipinski definition) is 2. The molecule has 1 rings (SSSR count). The molecule has 1 aliphatic carbocycles. The molecule has 1 aliphatic rings. The van der Waals surface area contributed by atoms with Crippen LogP contribution in [0, 0.1) is 5.92 Å². The van der Waals surface area contributed by atoms with E-state index in [0.717, 1.165) is 6.54 Å². The molecule has 3 heteroatoms. The van der Waals surface area contributed by atoms with E-state index in [4.69, 9.17) is 0 Å². The van der Waals surface area contributed by atoms with Crippen LogP contribution in [0.5, 0.6) is 0 Å². The molecule has 0 aromatic heterocycles. The van der Waals surface area contributed by atoms with Crippen molar-refractivity contribution in [1.82, 2.24) is 10.6 Å². The number of hydrogen-bond donors (Lipinski definition) is 2. The van der Waals surface area contributed by atoms with Crippen molar-refractivity contribution in [3.8, 4) is 0 Å². The Kier molecular flexibility index (Phi) is 3.44. The van der Waals surface area contributed by atoms with Crippen LogP contribution in [0.4, 0.5) is 0 Å². The maximum absolute atomic E-state index is 12.0. The molecule has 3 nitrogen and oxygen atoms in total. The van der Waals surface area contributed by atoms with E-state index in [1.165, 1.54) is 12.8 Å². The van der Waals surface area contributed by atoms with Crippen LogP contribution in [0.25, 0.3) is 0 Å². The Labute approximate surface area is 93.0 Å². The predicted molar refractivity (Wildman–Crippen MR) is 62.7 cm³/mol. The molecule has 15 heavy (non-hydrogen) atoms. The second kappa shape index (κ2) is 4.12. The molecule has 0 aromatic carbocycles. The normalized spacial score (nSPS) is 17.7. The molecule has 1 fully saturated rings. The molecule has 0 atom stereocenters. The van der Waals surface area contributed by atoms with Crippen molar-refractivity contribution in [1.29, 1.82) is 0 Å². The Balaban J connectivity index is 2.53. The van der Waals surface area contributed by atoms with Gasteiger partial charge in [0.05, 0.1) is 5.54 Å². The second-order valence-corrected chi connectivity index (χ2v) is 5.61. The fraction of sp³-hybridized carbons (Fsp3) is 0.917. The van der Waals surface area contributed by atoms with Crippen molar-refractivity contribution < 1.29 is 4.79 Å². The van der Waals surface area contributed by atoms with Gasteiger partial charge in [0.25, 0.3) is 0 Å². The first-order valence-electron chi connectivity index (χ1n) is 5.87. The summed E-state index contributed by atoms with van der Waals surface area (Å²) in [4.78, 5) is 12.0. The third kappa shape index (κ3) is 3.20. The second-order valence-electron chi connectivity index (χ2n) is 5.61. The van der Waals surface area contributed by atoms with E-state index in [1.807, 2.05) is 20.8 Å². The van der Waals surface area contributed by atoms with Crippen LogP contribution in [-0.4, -0.2) is 23.5 Å².